The van der Waals surface area contributed by atoms with Crippen LogP contribution in [0.2, 0.25) is 0 Å². The van der Waals surface area contributed by atoms with Crippen LogP contribution in [0.4, 0.5) is 0 Å². The van der Waals surface area contributed by atoms with Crippen molar-refractivity contribution < 1.29 is 14.6 Å². The summed E-state index contributed by atoms with van der Waals surface area (Å²) in [7, 11) is 0. The lowest BCUT2D eigenvalue weighted by Gasteiger charge is -2.41. The van der Waals surface area contributed by atoms with E-state index in [9.17, 15) is 5.11 Å². The summed E-state index contributed by atoms with van der Waals surface area (Å²) in [6.45, 7) is 2.80. The molecule has 5 atom stereocenters. The molecular formula is C11H16O3. The predicted molar refractivity (Wildman–Crippen MR) is 50.6 cm³/mol. The van der Waals surface area contributed by atoms with Gasteiger partial charge < -0.3 is 14.6 Å². The fourth-order valence-electron chi connectivity index (χ4n) is 2.97. The van der Waals surface area contributed by atoms with E-state index in [0.29, 0.717) is 18.4 Å². The lowest BCUT2D eigenvalue weighted by atomic mass is 9.73. The highest BCUT2D eigenvalue weighted by Gasteiger charge is 2.49. The van der Waals surface area contributed by atoms with Gasteiger partial charge >= 0.3 is 0 Å². The van der Waals surface area contributed by atoms with Crippen LogP contribution >= 0.6 is 0 Å². The highest BCUT2D eigenvalue weighted by molar-refractivity contribution is 5.10. The topological polar surface area (TPSA) is 38.7 Å². The van der Waals surface area contributed by atoms with Crippen molar-refractivity contribution >= 4 is 0 Å². The molecule has 0 aromatic carbocycles. The van der Waals surface area contributed by atoms with E-state index < -0.39 is 6.10 Å². The van der Waals surface area contributed by atoms with E-state index in [0.717, 1.165) is 12.8 Å². The van der Waals surface area contributed by atoms with E-state index in [-0.39, 0.29) is 12.4 Å². The van der Waals surface area contributed by atoms with Gasteiger partial charge in [-0.3, -0.25) is 0 Å². The Hall–Kier alpha value is -0.380. The summed E-state index contributed by atoms with van der Waals surface area (Å²) >= 11 is 0. The van der Waals surface area contributed by atoms with E-state index in [1.165, 1.54) is 5.57 Å². The van der Waals surface area contributed by atoms with Crippen LogP contribution in [0.25, 0.3) is 0 Å². The molecule has 1 aliphatic carbocycles. The van der Waals surface area contributed by atoms with Crippen molar-refractivity contribution in [2.24, 2.45) is 11.8 Å². The third kappa shape index (κ3) is 1.16. The molecule has 3 nitrogen and oxygen atoms in total. The average molecular weight is 196 g/mol. The third-order valence-electron chi connectivity index (χ3n) is 3.77. The molecule has 0 aromatic rings. The van der Waals surface area contributed by atoms with Crippen molar-refractivity contribution in [3.63, 3.8) is 0 Å². The molecule has 0 spiro atoms. The molecule has 0 unspecified atom stereocenters. The first-order chi connectivity index (χ1) is 6.75. The van der Waals surface area contributed by atoms with Crippen LogP contribution in [0.3, 0.4) is 0 Å². The Kier molecular flexibility index (Phi) is 1.94. The summed E-state index contributed by atoms with van der Waals surface area (Å²) in [5.74, 6) is 0.818. The molecule has 14 heavy (non-hydrogen) atoms. The molecule has 2 bridgehead atoms. The first-order valence-electron chi connectivity index (χ1n) is 5.36. The summed E-state index contributed by atoms with van der Waals surface area (Å²) in [5, 5.41) is 10.0. The molecule has 2 aliphatic heterocycles. The molecular weight excluding hydrogens is 180 g/mol. The Morgan fingerprint density at radius 1 is 1.43 bits per heavy atom. The third-order valence-corrected chi connectivity index (χ3v) is 3.77. The van der Waals surface area contributed by atoms with E-state index in [4.69, 9.17) is 9.47 Å². The fourth-order valence-corrected chi connectivity index (χ4v) is 2.97. The van der Waals surface area contributed by atoms with Gasteiger partial charge in [0.25, 0.3) is 0 Å². The second kappa shape index (κ2) is 3.05. The Morgan fingerprint density at radius 2 is 2.29 bits per heavy atom. The Morgan fingerprint density at radius 3 is 3.14 bits per heavy atom. The van der Waals surface area contributed by atoms with Gasteiger partial charge in [-0.2, -0.15) is 0 Å². The van der Waals surface area contributed by atoms with Gasteiger partial charge in [-0.1, -0.05) is 11.6 Å². The zero-order chi connectivity index (χ0) is 9.71. The molecule has 3 rings (SSSR count). The molecule has 3 heteroatoms. The van der Waals surface area contributed by atoms with Crippen LogP contribution in [0, 0.1) is 11.8 Å². The lowest BCUT2D eigenvalue weighted by molar-refractivity contribution is -0.194. The lowest BCUT2D eigenvalue weighted by Crippen LogP contribution is -2.47. The van der Waals surface area contributed by atoms with Gasteiger partial charge in [-0.15, -0.1) is 0 Å². The Bertz CT molecular complexity index is 274. The predicted octanol–water partition coefficient (Wildman–Crippen LogP) is 1.07. The maximum Gasteiger partial charge on any atom is 0.184 e. The van der Waals surface area contributed by atoms with Gasteiger partial charge in [-0.25, -0.2) is 0 Å². The van der Waals surface area contributed by atoms with E-state index >= 15 is 0 Å². The Labute approximate surface area is 83.7 Å². The minimum absolute atomic E-state index is 0.220. The molecule has 0 aromatic heterocycles. The van der Waals surface area contributed by atoms with Crippen molar-refractivity contribution in [2.75, 3.05) is 6.61 Å². The van der Waals surface area contributed by atoms with Gasteiger partial charge in [0.15, 0.2) is 6.29 Å². The van der Waals surface area contributed by atoms with Crippen molar-refractivity contribution in [3.8, 4) is 0 Å². The molecule has 2 fully saturated rings. The molecule has 2 heterocycles. The summed E-state index contributed by atoms with van der Waals surface area (Å²) in [6.07, 6.45) is 3.75. The van der Waals surface area contributed by atoms with Gasteiger partial charge in [0.1, 0.15) is 6.10 Å². The first-order valence-corrected chi connectivity index (χ1v) is 5.36. The highest BCUT2D eigenvalue weighted by Crippen LogP contribution is 2.43. The van der Waals surface area contributed by atoms with Gasteiger partial charge in [0, 0.05) is 0 Å². The molecule has 0 radical (unpaired) electrons. The minimum Gasteiger partial charge on any atom is -0.388 e. The van der Waals surface area contributed by atoms with E-state index in [2.05, 4.69) is 13.0 Å². The zero-order valence-electron chi connectivity index (χ0n) is 8.35. The van der Waals surface area contributed by atoms with Crippen molar-refractivity contribution in [1.82, 2.24) is 0 Å². The maximum atomic E-state index is 10.0. The van der Waals surface area contributed by atoms with Gasteiger partial charge in [0.2, 0.25) is 0 Å². The summed E-state index contributed by atoms with van der Waals surface area (Å²) < 4.78 is 11.0. The van der Waals surface area contributed by atoms with Gasteiger partial charge in [-0.05, 0) is 31.6 Å². The summed E-state index contributed by atoms with van der Waals surface area (Å²) in [5.41, 5.74) is 1.40. The van der Waals surface area contributed by atoms with E-state index in [1.54, 1.807) is 0 Å². The zero-order valence-corrected chi connectivity index (χ0v) is 8.35. The molecule has 0 saturated carbocycles. The van der Waals surface area contributed by atoms with Crippen molar-refractivity contribution in [1.29, 1.82) is 0 Å². The molecule has 78 valence electrons. The van der Waals surface area contributed by atoms with Crippen LogP contribution in [0.1, 0.15) is 19.8 Å². The number of hydrogen-bond donors (Lipinski definition) is 1. The molecule has 1 N–H and O–H groups in total. The summed E-state index contributed by atoms with van der Waals surface area (Å²) in [6, 6.07) is 0. The largest absolute Gasteiger partial charge is 0.388 e. The van der Waals surface area contributed by atoms with Gasteiger partial charge in [0.05, 0.1) is 12.7 Å². The van der Waals surface area contributed by atoms with Crippen LogP contribution in [-0.2, 0) is 9.47 Å². The number of hydrogen-bond acceptors (Lipinski definition) is 3. The number of aliphatic hydroxyl groups excluding tert-OH is 1. The standard InChI is InChI=1S/C11H16O3/c1-6-2-3-7-8(4-6)10(12)11-13-5-9(7)14-11/h2,7-12H,3-5H2,1H3/t7-,8+,9-,10+,11-/m1/s1. The van der Waals surface area contributed by atoms with Crippen LogP contribution in [0.15, 0.2) is 11.6 Å². The van der Waals surface area contributed by atoms with Crippen LogP contribution < -0.4 is 0 Å². The Balaban J connectivity index is 1.89. The fraction of sp³-hybridized carbons (Fsp3) is 0.818. The number of rotatable bonds is 0. The number of allylic oxidation sites excluding steroid dienone is 2. The number of aliphatic hydroxyl groups is 1. The summed E-state index contributed by atoms with van der Waals surface area (Å²) in [4.78, 5) is 0. The average Bonchev–Trinajstić information content (AvgIpc) is 2.61. The number of ether oxygens (including phenoxy) is 2. The smallest absolute Gasteiger partial charge is 0.184 e. The SMILES string of the molecule is CC1=CC[C@@H]2[C@H](C1)[C@H](O)[C@@H]1OC[C@H]2O1. The van der Waals surface area contributed by atoms with E-state index in [1.807, 2.05) is 0 Å². The normalized spacial score (nSPS) is 51.3. The number of fused-ring (bicyclic) bond motifs is 4. The van der Waals surface area contributed by atoms with Crippen LogP contribution in [-0.4, -0.2) is 30.2 Å². The van der Waals surface area contributed by atoms with Crippen LogP contribution in [0.5, 0.6) is 0 Å². The highest BCUT2D eigenvalue weighted by atomic mass is 16.7. The second-order valence-corrected chi connectivity index (χ2v) is 4.68. The second-order valence-electron chi connectivity index (χ2n) is 4.68. The molecule has 2 saturated heterocycles. The molecule has 0 amide bonds. The first kappa shape index (κ1) is 8.89. The van der Waals surface area contributed by atoms with Crippen molar-refractivity contribution in [3.05, 3.63) is 11.6 Å². The quantitative estimate of drug-likeness (QED) is 0.589. The van der Waals surface area contributed by atoms with Crippen molar-refractivity contribution in [2.45, 2.75) is 38.3 Å². The molecule has 3 aliphatic rings. The maximum absolute atomic E-state index is 10.0. The minimum atomic E-state index is -0.428. The monoisotopic (exact) mass is 196 g/mol.